The van der Waals surface area contributed by atoms with Crippen molar-refractivity contribution in [3.8, 4) is 0 Å². The molecule has 2 heterocycles. The number of hydrogen-bond donors (Lipinski definition) is 1. The summed E-state index contributed by atoms with van der Waals surface area (Å²) in [5.74, 6) is 1.04. The number of aliphatic imine (C=N–C) groups is 1. The topological polar surface area (TPSA) is 58.6 Å². The largest absolute Gasteiger partial charge is 0.385 e. The van der Waals surface area contributed by atoms with Crippen molar-refractivity contribution in [3.63, 3.8) is 0 Å². The van der Waals surface area contributed by atoms with Gasteiger partial charge in [-0.25, -0.2) is 0 Å². The Hall–Kier alpha value is -0.890. The van der Waals surface area contributed by atoms with Crippen molar-refractivity contribution in [2.75, 3.05) is 72.8 Å². The lowest BCUT2D eigenvalue weighted by atomic mass is 10.0. The molecule has 2 fully saturated rings. The van der Waals surface area contributed by atoms with E-state index in [2.05, 4.69) is 35.9 Å². The highest BCUT2D eigenvalue weighted by atomic mass is 16.5. The van der Waals surface area contributed by atoms with Crippen molar-refractivity contribution in [2.24, 2.45) is 4.99 Å². The van der Waals surface area contributed by atoms with Gasteiger partial charge in [0.15, 0.2) is 5.96 Å². The maximum absolute atomic E-state index is 5.98. The van der Waals surface area contributed by atoms with Crippen molar-refractivity contribution >= 4 is 5.96 Å². The van der Waals surface area contributed by atoms with Crippen molar-refractivity contribution in [2.45, 2.75) is 51.7 Å². The van der Waals surface area contributed by atoms with E-state index in [0.29, 0.717) is 6.10 Å². The quantitative estimate of drug-likeness (QED) is 0.370. The van der Waals surface area contributed by atoms with Crippen molar-refractivity contribution in [1.29, 1.82) is 0 Å². The van der Waals surface area contributed by atoms with Crippen molar-refractivity contribution in [3.05, 3.63) is 0 Å². The molecule has 7 heteroatoms. The molecule has 0 aromatic rings. The molecule has 0 unspecified atom stereocenters. The van der Waals surface area contributed by atoms with Crippen LogP contribution in [0.25, 0.3) is 0 Å². The Morgan fingerprint density at radius 3 is 2.48 bits per heavy atom. The molecule has 0 aromatic carbocycles. The number of morpholine rings is 1. The lowest BCUT2D eigenvalue weighted by molar-refractivity contribution is -0.00705. The van der Waals surface area contributed by atoms with Crippen LogP contribution in [-0.2, 0) is 14.2 Å². The summed E-state index contributed by atoms with van der Waals surface area (Å²) in [5, 5.41) is 3.48. The minimum atomic E-state index is 0.0488. The number of hydrogen-bond acceptors (Lipinski definition) is 5. The normalized spacial score (nSPS) is 20.9. The van der Waals surface area contributed by atoms with E-state index in [1.165, 1.54) is 0 Å². The predicted molar refractivity (Wildman–Crippen MR) is 109 cm³/mol. The SMILES string of the molecule is CCNC(=NCC(C)(C)N1CCOCC1)N1CCC(OCCCOC)CC1. The van der Waals surface area contributed by atoms with E-state index < -0.39 is 0 Å². The van der Waals surface area contributed by atoms with Crippen LogP contribution in [0.3, 0.4) is 0 Å². The standard InChI is InChI=1S/C20H40N4O3/c1-5-21-19(22-17-20(2,3)24-11-15-26-16-12-24)23-9-7-18(8-10-23)27-14-6-13-25-4/h18H,5-17H2,1-4H3,(H,21,22). The molecule has 2 aliphatic rings. The van der Waals surface area contributed by atoms with Gasteiger partial charge in [0.1, 0.15) is 0 Å². The summed E-state index contributed by atoms with van der Waals surface area (Å²) in [6.07, 6.45) is 3.46. The highest BCUT2D eigenvalue weighted by Gasteiger charge is 2.29. The van der Waals surface area contributed by atoms with Gasteiger partial charge in [-0.2, -0.15) is 0 Å². The Morgan fingerprint density at radius 1 is 1.15 bits per heavy atom. The molecule has 27 heavy (non-hydrogen) atoms. The lowest BCUT2D eigenvalue weighted by Gasteiger charge is -2.40. The van der Waals surface area contributed by atoms with Crippen LogP contribution in [-0.4, -0.2) is 100 Å². The molecule has 0 amide bonds. The number of nitrogens with zero attached hydrogens (tertiary/aromatic N) is 3. The first-order valence-electron chi connectivity index (χ1n) is 10.5. The number of piperidine rings is 1. The van der Waals surface area contributed by atoms with E-state index >= 15 is 0 Å². The zero-order valence-electron chi connectivity index (χ0n) is 17.8. The van der Waals surface area contributed by atoms with Crippen LogP contribution in [0.2, 0.25) is 0 Å². The first kappa shape index (κ1) is 22.4. The van der Waals surface area contributed by atoms with Crippen LogP contribution >= 0.6 is 0 Å². The van der Waals surface area contributed by atoms with Crippen LogP contribution in [0.5, 0.6) is 0 Å². The van der Waals surface area contributed by atoms with E-state index in [4.69, 9.17) is 19.2 Å². The van der Waals surface area contributed by atoms with Crippen LogP contribution in [0.15, 0.2) is 4.99 Å². The van der Waals surface area contributed by atoms with E-state index in [-0.39, 0.29) is 5.54 Å². The molecule has 2 saturated heterocycles. The number of nitrogens with one attached hydrogen (secondary N) is 1. The van der Waals surface area contributed by atoms with Crippen molar-refractivity contribution in [1.82, 2.24) is 15.1 Å². The number of methoxy groups -OCH3 is 1. The molecule has 0 aliphatic carbocycles. The minimum absolute atomic E-state index is 0.0488. The minimum Gasteiger partial charge on any atom is -0.385 e. The molecular formula is C20H40N4O3. The summed E-state index contributed by atoms with van der Waals surface area (Å²) in [5.41, 5.74) is 0.0488. The maximum atomic E-state index is 5.98. The summed E-state index contributed by atoms with van der Waals surface area (Å²) in [4.78, 5) is 9.86. The Bertz CT molecular complexity index is 431. The predicted octanol–water partition coefficient (Wildman–Crippen LogP) is 1.58. The highest BCUT2D eigenvalue weighted by molar-refractivity contribution is 5.80. The molecular weight excluding hydrogens is 344 g/mol. The second-order valence-electron chi connectivity index (χ2n) is 7.99. The van der Waals surface area contributed by atoms with Gasteiger partial charge >= 0.3 is 0 Å². The Kier molecular flexibility index (Phi) is 9.82. The summed E-state index contributed by atoms with van der Waals surface area (Å²) < 4.78 is 16.6. The maximum Gasteiger partial charge on any atom is 0.193 e. The number of rotatable bonds is 9. The monoisotopic (exact) mass is 384 g/mol. The van der Waals surface area contributed by atoms with Crippen LogP contribution in [0, 0.1) is 0 Å². The van der Waals surface area contributed by atoms with E-state index in [1.807, 2.05) is 0 Å². The highest BCUT2D eigenvalue weighted by Crippen LogP contribution is 2.18. The van der Waals surface area contributed by atoms with Gasteiger partial charge in [0, 0.05) is 58.6 Å². The number of likely N-dealkylation sites (tertiary alicyclic amines) is 1. The van der Waals surface area contributed by atoms with Crippen LogP contribution < -0.4 is 5.32 Å². The Morgan fingerprint density at radius 2 is 1.85 bits per heavy atom. The molecule has 0 spiro atoms. The summed E-state index contributed by atoms with van der Waals surface area (Å²) in [6.45, 7) is 15.6. The van der Waals surface area contributed by atoms with Gasteiger partial charge in [0.2, 0.25) is 0 Å². The summed E-state index contributed by atoms with van der Waals surface area (Å²) in [7, 11) is 1.74. The molecule has 0 saturated carbocycles. The fourth-order valence-corrected chi connectivity index (χ4v) is 3.65. The van der Waals surface area contributed by atoms with Gasteiger partial charge in [-0.3, -0.25) is 9.89 Å². The molecule has 0 aromatic heterocycles. The first-order valence-corrected chi connectivity index (χ1v) is 10.5. The van der Waals surface area contributed by atoms with E-state index in [1.54, 1.807) is 7.11 Å². The molecule has 1 N–H and O–H groups in total. The third-order valence-electron chi connectivity index (χ3n) is 5.41. The zero-order valence-corrected chi connectivity index (χ0v) is 17.8. The lowest BCUT2D eigenvalue weighted by Crippen LogP contribution is -2.53. The smallest absolute Gasteiger partial charge is 0.193 e. The van der Waals surface area contributed by atoms with E-state index in [0.717, 1.165) is 90.9 Å². The molecule has 158 valence electrons. The number of guanidine groups is 1. The zero-order chi connectivity index (χ0) is 19.5. The fraction of sp³-hybridized carbons (Fsp3) is 0.950. The van der Waals surface area contributed by atoms with Crippen LogP contribution in [0.1, 0.15) is 40.0 Å². The molecule has 0 radical (unpaired) electrons. The second-order valence-corrected chi connectivity index (χ2v) is 7.99. The molecule has 0 bridgehead atoms. The third kappa shape index (κ3) is 7.56. The Labute approximate surface area is 165 Å². The van der Waals surface area contributed by atoms with Gasteiger partial charge in [0.25, 0.3) is 0 Å². The fourth-order valence-electron chi connectivity index (χ4n) is 3.65. The summed E-state index contributed by atoms with van der Waals surface area (Å²) in [6, 6.07) is 0. The second kappa shape index (κ2) is 11.8. The van der Waals surface area contributed by atoms with Gasteiger partial charge in [-0.1, -0.05) is 0 Å². The molecule has 7 nitrogen and oxygen atoms in total. The molecule has 0 atom stereocenters. The molecule has 2 rings (SSSR count). The van der Waals surface area contributed by atoms with Gasteiger partial charge in [0.05, 0.1) is 25.9 Å². The Balaban J connectivity index is 1.82. The van der Waals surface area contributed by atoms with Gasteiger partial charge in [-0.15, -0.1) is 0 Å². The average molecular weight is 385 g/mol. The number of ether oxygens (including phenoxy) is 3. The van der Waals surface area contributed by atoms with Gasteiger partial charge < -0.3 is 24.4 Å². The van der Waals surface area contributed by atoms with Crippen LogP contribution in [0.4, 0.5) is 0 Å². The third-order valence-corrected chi connectivity index (χ3v) is 5.41. The van der Waals surface area contributed by atoms with E-state index in [9.17, 15) is 0 Å². The first-order chi connectivity index (χ1) is 13.1. The summed E-state index contributed by atoms with van der Waals surface area (Å²) >= 11 is 0. The van der Waals surface area contributed by atoms with Gasteiger partial charge in [-0.05, 0) is 40.0 Å². The average Bonchev–Trinajstić information content (AvgIpc) is 2.70. The van der Waals surface area contributed by atoms with Crippen molar-refractivity contribution < 1.29 is 14.2 Å². The molecule has 2 aliphatic heterocycles.